The topological polar surface area (TPSA) is 237 Å². The van der Waals surface area contributed by atoms with Gasteiger partial charge in [0.25, 0.3) is 0 Å². The number of carbonyl (C=O) groups is 4. The SMILES string of the molecule is CCCCCCCCCCCCCCCCCCC(=O)O[C@H](COC(=O)CCCCCCCCCCC(C)CC)COP(=O)(O)OC[C@@H](O)COP(=O)(O)OC[C@@H](COC(=O)CCCCCCCCCC)OC(=O)CCCCCCCCCCCCCC. The van der Waals surface area contributed by atoms with Gasteiger partial charge in [0, 0.05) is 25.7 Å². The van der Waals surface area contributed by atoms with Crippen LogP contribution >= 0.6 is 15.6 Å². The minimum Gasteiger partial charge on any atom is -0.462 e. The van der Waals surface area contributed by atoms with Crippen LogP contribution in [-0.4, -0.2) is 96.7 Å². The van der Waals surface area contributed by atoms with Crippen LogP contribution in [0.15, 0.2) is 0 Å². The lowest BCUT2D eigenvalue weighted by molar-refractivity contribution is -0.161. The number of unbranched alkanes of at least 4 members (excludes halogenated alkanes) is 40. The lowest BCUT2D eigenvalue weighted by Gasteiger charge is -2.21. The molecule has 0 amide bonds. The van der Waals surface area contributed by atoms with Crippen molar-refractivity contribution in [2.24, 2.45) is 5.92 Å². The molecule has 0 saturated heterocycles. The molecule has 0 heterocycles. The van der Waals surface area contributed by atoms with Gasteiger partial charge in [-0.05, 0) is 31.6 Å². The van der Waals surface area contributed by atoms with E-state index in [2.05, 4.69) is 34.6 Å². The molecule has 0 saturated carbocycles. The number of phosphoric ester groups is 2. The predicted octanol–water partition coefficient (Wildman–Crippen LogP) is 19.7. The van der Waals surface area contributed by atoms with Crippen LogP contribution < -0.4 is 0 Å². The molecule has 522 valence electrons. The normalized spacial score (nSPS) is 14.4. The summed E-state index contributed by atoms with van der Waals surface area (Å²) < 4.78 is 68.2. The van der Waals surface area contributed by atoms with E-state index in [0.717, 1.165) is 102 Å². The van der Waals surface area contributed by atoms with Gasteiger partial charge in [-0.25, -0.2) is 9.13 Å². The molecule has 17 nitrogen and oxygen atoms in total. The summed E-state index contributed by atoms with van der Waals surface area (Å²) in [6.07, 6.45) is 48.5. The summed E-state index contributed by atoms with van der Waals surface area (Å²) in [5.74, 6) is -1.35. The molecule has 3 N–H and O–H groups in total. The second-order valence-electron chi connectivity index (χ2n) is 25.2. The molecule has 0 aromatic carbocycles. The molecule has 88 heavy (non-hydrogen) atoms. The lowest BCUT2D eigenvalue weighted by atomic mass is 9.99. The molecule has 0 fully saturated rings. The van der Waals surface area contributed by atoms with Crippen LogP contribution in [0.3, 0.4) is 0 Å². The smallest absolute Gasteiger partial charge is 0.462 e. The number of ether oxygens (including phenoxy) is 4. The molecule has 0 rings (SSSR count). The van der Waals surface area contributed by atoms with Crippen molar-refractivity contribution >= 4 is 39.5 Å². The van der Waals surface area contributed by atoms with Crippen molar-refractivity contribution < 1.29 is 80.2 Å². The van der Waals surface area contributed by atoms with Crippen LogP contribution in [0.1, 0.15) is 356 Å². The molecular weight excluding hydrogens is 1160 g/mol. The number of hydrogen-bond acceptors (Lipinski definition) is 15. The average Bonchev–Trinajstić information content (AvgIpc) is 3.67. The van der Waals surface area contributed by atoms with Gasteiger partial charge in [-0.2, -0.15) is 0 Å². The fourth-order valence-electron chi connectivity index (χ4n) is 10.4. The van der Waals surface area contributed by atoms with Gasteiger partial charge in [0.1, 0.15) is 19.3 Å². The largest absolute Gasteiger partial charge is 0.472 e. The van der Waals surface area contributed by atoms with E-state index in [0.29, 0.717) is 25.7 Å². The van der Waals surface area contributed by atoms with Crippen LogP contribution in [0.25, 0.3) is 0 Å². The van der Waals surface area contributed by atoms with Gasteiger partial charge >= 0.3 is 39.5 Å². The Morgan fingerprint density at radius 2 is 0.545 bits per heavy atom. The first-order chi connectivity index (χ1) is 42.6. The van der Waals surface area contributed by atoms with Crippen LogP contribution in [0.4, 0.5) is 0 Å². The number of carbonyl (C=O) groups excluding carboxylic acids is 4. The first-order valence-corrected chi connectivity index (χ1v) is 39.2. The van der Waals surface area contributed by atoms with Crippen molar-refractivity contribution in [3.05, 3.63) is 0 Å². The van der Waals surface area contributed by atoms with Crippen molar-refractivity contribution in [1.82, 2.24) is 0 Å². The van der Waals surface area contributed by atoms with E-state index in [-0.39, 0.29) is 25.7 Å². The first kappa shape index (κ1) is 86.1. The van der Waals surface area contributed by atoms with E-state index >= 15 is 0 Å². The maximum Gasteiger partial charge on any atom is 0.472 e. The first-order valence-electron chi connectivity index (χ1n) is 36.2. The average molecular weight is 1300 g/mol. The summed E-state index contributed by atoms with van der Waals surface area (Å²) >= 11 is 0. The Bertz CT molecular complexity index is 1710. The Labute approximate surface area is 537 Å². The maximum absolute atomic E-state index is 13.0. The second-order valence-corrected chi connectivity index (χ2v) is 28.1. The molecule has 0 radical (unpaired) electrons. The van der Waals surface area contributed by atoms with Crippen molar-refractivity contribution in [3.8, 4) is 0 Å². The van der Waals surface area contributed by atoms with Gasteiger partial charge in [-0.1, -0.05) is 304 Å². The summed E-state index contributed by atoms with van der Waals surface area (Å²) in [5.41, 5.74) is 0. The van der Waals surface area contributed by atoms with Crippen LogP contribution in [0, 0.1) is 5.92 Å². The molecule has 0 spiro atoms. The van der Waals surface area contributed by atoms with Crippen molar-refractivity contribution in [3.63, 3.8) is 0 Å². The summed E-state index contributed by atoms with van der Waals surface area (Å²) in [7, 11) is -9.89. The zero-order valence-electron chi connectivity index (χ0n) is 56.9. The molecule has 0 aliphatic rings. The standard InChI is InChI=1S/C69H134O17P2/c1-6-10-13-16-19-22-24-26-27-28-29-31-33-40-45-50-55-69(74)86-65(59-80-67(72)53-48-43-38-35-34-36-41-46-51-62(5)9-4)61-84-88(77,78)82-57-63(70)56-81-87(75,76)83-60-64(58-79-66(71)52-47-42-37-21-18-15-12-8-3)85-68(73)54-49-44-39-32-30-25-23-20-17-14-11-7-2/h62-65,70H,6-61H2,1-5H3,(H,75,76)(H,77,78)/t62?,63-,64+,65+/m0/s1. The quantitative estimate of drug-likeness (QED) is 0.0222. The number of aliphatic hydroxyl groups is 1. The Kier molecular flexibility index (Phi) is 61.1. The third kappa shape index (κ3) is 61.6. The Morgan fingerprint density at radius 1 is 0.318 bits per heavy atom. The van der Waals surface area contributed by atoms with Crippen molar-refractivity contribution in [1.29, 1.82) is 0 Å². The van der Waals surface area contributed by atoms with Crippen LogP contribution in [-0.2, 0) is 65.4 Å². The van der Waals surface area contributed by atoms with Gasteiger partial charge < -0.3 is 33.8 Å². The fraction of sp³-hybridized carbons (Fsp3) is 0.942. The molecule has 0 aliphatic carbocycles. The Hall–Kier alpha value is -1.94. The third-order valence-corrected chi connectivity index (χ3v) is 18.3. The van der Waals surface area contributed by atoms with Gasteiger partial charge in [-0.3, -0.25) is 37.3 Å². The minimum absolute atomic E-state index is 0.107. The summed E-state index contributed by atoms with van der Waals surface area (Å²) in [6.45, 7) is 7.22. The van der Waals surface area contributed by atoms with Crippen LogP contribution in [0.5, 0.6) is 0 Å². The monoisotopic (exact) mass is 1300 g/mol. The fourth-order valence-corrected chi connectivity index (χ4v) is 12.0. The number of hydrogen-bond donors (Lipinski definition) is 3. The van der Waals surface area contributed by atoms with Gasteiger partial charge in [-0.15, -0.1) is 0 Å². The van der Waals surface area contributed by atoms with E-state index in [4.69, 9.17) is 37.0 Å². The molecule has 3 unspecified atom stereocenters. The predicted molar refractivity (Wildman–Crippen MR) is 354 cm³/mol. The molecule has 0 aromatic rings. The van der Waals surface area contributed by atoms with E-state index < -0.39 is 97.5 Å². The number of aliphatic hydroxyl groups excluding tert-OH is 1. The number of esters is 4. The maximum atomic E-state index is 13.0. The molecular formula is C69H134O17P2. The van der Waals surface area contributed by atoms with Crippen molar-refractivity contribution in [2.75, 3.05) is 39.6 Å². The third-order valence-electron chi connectivity index (χ3n) is 16.4. The summed E-state index contributed by atoms with van der Waals surface area (Å²) in [4.78, 5) is 72.4. The van der Waals surface area contributed by atoms with Gasteiger partial charge in [0.05, 0.1) is 26.4 Å². The Balaban J connectivity index is 5.22. The summed E-state index contributed by atoms with van der Waals surface area (Å²) in [6, 6.07) is 0. The molecule has 0 aliphatic heterocycles. The highest BCUT2D eigenvalue weighted by Gasteiger charge is 2.30. The molecule has 19 heteroatoms. The zero-order chi connectivity index (χ0) is 64.9. The second kappa shape index (κ2) is 62.5. The number of phosphoric acid groups is 2. The zero-order valence-corrected chi connectivity index (χ0v) is 58.6. The van der Waals surface area contributed by atoms with E-state index in [1.165, 1.54) is 173 Å². The molecule has 0 bridgehead atoms. The van der Waals surface area contributed by atoms with E-state index in [1.54, 1.807) is 0 Å². The molecule has 0 aromatic heterocycles. The van der Waals surface area contributed by atoms with E-state index in [1.807, 2.05) is 0 Å². The highest BCUT2D eigenvalue weighted by molar-refractivity contribution is 7.47. The van der Waals surface area contributed by atoms with Gasteiger partial charge in [0.15, 0.2) is 12.2 Å². The Morgan fingerprint density at radius 3 is 0.807 bits per heavy atom. The summed E-state index contributed by atoms with van der Waals surface area (Å²) in [5, 5.41) is 10.6. The van der Waals surface area contributed by atoms with Crippen LogP contribution in [0.2, 0.25) is 0 Å². The highest BCUT2D eigenvalue weighted by Crippen LogP contribution is 2.45. The minimum atomic E-state index is -4.95. The number of rotatable bonds is 69. The lowest BCUT2D eigenvalue weighted by Crippen LogP contribution is -2.30. The van der Waals surface area contributed by atoms with Gasteiger partial charge in [0.2, 0.25) is 0 Å². The highest BCUT2D eigenvalue weighted by atomic mass is 31.2. The van der Waals surface area contributed by atoms with Crippen molar-refractivity contribution in [2.45, 2.75) is 374 Å². The van der Waals surface area contributed by atoms with E-state index in [9.17, 15) is 43.2 Å². The molecule has 6 atom stereocenters.